The number of hydrogen-bond acceptors (Lipinski definition) is 3. The highest BCUT2D eigenvalue weighted by molar-refractivity contribution is 8.01. The lowest BCUT2D eigenvalue weighted by Crippen LogP contribution is -2.25. The Labute approximate surface area is 100 Å². The number of hydrogen-bond donors (Lipinski definition) is 0. The second-order valence-electron chi connectivity index (χ2n) is 3.47. The predicted molar refractivity (Wildman–Crippen MR) is 68.4 cm³/mol. The Morgan fingerprint density at radius 1 is 1.25 bits per heavy atom. The van der Waals surface area contributed by atoms with E-state index in [1.165, 1.54) is 9.71 Å². The van der Waals surface area contributed by atoms with E-state index in [1.807, 2.05) is 30.3 Å². The lowest BCUT2D eigenvalue weighted by atomic mass is 10.2. The highest BCUT2D eigenvalue weighted by Gasteiger charge is 2.22. The van der Waals surface area contributed by atoms with E-state index in [0.29, 0.717) is 12.4 Å². The topological polar surface area (TPSA) is 37.4 Å². The van der Waals surface area contributed by atoms with Gasteiger partial charge in [-0.2, -0.15) is 4.31 Å². The van der Waals surface area contributed by atoms with Crippen molar-refractivity contribution in [3.8, 4) is 0 Å². The Kier molecular flexibility index (Phi) is 3.68. The van der Waals surface area contributed by atoms with Gasteiger partial charge in [-0.15, -0.1) is 11.8 Å². The molecule has 0 aliphatic carbocycles. The van der Waals surface area contributed by atoms with E-state index in [0.717, 1.165) is 11.3 Å². The Hall–Kier alpha value is -0.780. The fourth-order valence-electron chi connectivity index (χ4n) is 1.41. The molecule has 1 aromatic rings. The maximum atomic E-state index is 11.8. The third-order valence-electron chi connectivity index (χ3n) is 2.31. The third-order valence-corrected chi connectivity index (χ3v) is 4.95. The van der Waals surface area contributed by atoms with Crippen LogP contribution in [0.4, 0.5) is 0 Å². The second-order valence-corrected chi connectivity index (χ2v) is 6.36. The lowest BCUT2D eigenvalue weighted by molar-refractivity contribution is 0.499. The van der Waals surface area contributed by atoms with E-state index in [-0.39, 0.29) is 0 Å². The van der Waals surface area contributed by atoms with Crippen molar-refractivity contribution >= 4 is 27.9 Å². The van der Waals surface area contributed by atoms with Gasteiger partial charge in [-0.25, -0.2) is 8.42 Å². The molecule has 0 amide bonds. The van der Waals surface area contributed by atoms with Crippen LogP contribution in [0.25, 0.3) is 6.08 Å². The van der Waals surface area contributed by atoms with Crippen LogP contribution in [0.15, 0.2) is 35.7 Å². The van der Waals surface area contributed by atoms with Gasteiger partial charge in [0.2, 0.25) is 10.0 Å². The average molecular weight is 255 g/mol. The van der Waals surface area contributed by atoms with Gasteiger partial charge in [0.1, 0.15) is 0 Å². The highest BCUT2D eigenvalue weighted by Crippen LogP contribution is 2.18. The molecule has 0 aromatic heterocycles. The number of nitrogens with zero attached hydrogens (tertiary/aromatic N) is 1. The SMILES string of the molecule is O=S(=O)(C=Cc1ccccc1)N1CCSC1. The van der Waals surface area contributed by atoms with Gasteiger partial charge in [0.05, 0.1) is 5.88 Å². The van der Waals surface area contributed by atoms with E-state index in [2.05, 4.69) is 0 Å². The van der Waals surface area contributed by atoms with Crippen LogP contribution < -0.4 is 0 Å². The summed E-state index contributed by atoms with van der Waals surface area (Å²) in [4.78, 5) is 0. The molecule has 2 rings (SSSR count). The quantitative estimate of drug-likeness (QED) is 0.829. The molecule has 0 atom stereocenters. The molecule has 1 heterocycles. The van der Waals surface area contributed by atoms with Crippen molar-refractivity contribution in [2.45, 2.75) is 0 Å². The van der Waals surface area contributed by atoms with Crippen molar-refractivity contribution in [2.75, 3.05) is 18.2 Å². The molecule has 0 saturated carbocycles. The van der Waals surface area contributed by atoms with Crippen LogP contribution in [-0.2, 0) is 10.0 Å². The van der Waals surface area contributed by atoms with Crippen LogP contribution in [0.2, 0.25) is 0 Å². The van der Waals surface area contributed by atoms with Crippen LogP contribution in [0, 0.1) is 0 Å². The summed E-state index contributed by atoms with van der Waals surface area (Å²) >= 11 is 1.64. The molecule has 1 fully saturated rings. The first-order valence-electron chi connectivity index (χ1n) is 4.99. The van der Waals surface area contributed by atoms with E-state index >= 15 is 0 Å². The first kappa shape index (κ1) is 11.7. The molecular formula is C11H13NO2S2. The summed E-state index contributed by atoms with van der Waals surface area (Å²) in [6.07, 6.45) is 1.64. The van der Waals surface area contributed by atoms with Crippen LogP contribution in [-0.4, -0.2) is 30.9 Å². The molecule has 16 heavy (non-hydrogen) atoms. The largest absolute Gasteiger partial charge is 0.237 e. The van der Waals surface area contributed by atoms with Crippen LogP contribution >= 0.6 is 11.8 Å². The molecular weight excluding hydrogens is 242 g/mol. The zero-order chi connectivity index (χ0) is 11.4. The van der Waals surface area contributed by atoms with E-state index in [4.69, 9.17) is 0 Å². The molecule has 86 valence electrons. The molecule has 0 N–H and O–H groups in total. The van der Waals surface area contributed by atoms with Crippen molar-refractivity contribution in [1.82, 2.24) is 4.31 Å². The van der Waals surface area contributed by atoms with Gasteiger partial charge in [0.15, 0.2) is 0 Å². The van der Waals surface area contributed by atoms with Crippen molar-refractivity contribution in [1.29, 1.82) is 0 Å². The number of benzene rings is 1. The Bertz CT molecular complexity index is 462. The molecule has 0 bridgehead atoms. The first-order chi connectivity index (χ1) is 7.68. The summed E-state index contributed by atoms with van der Waals surface area (Å²) in [6.45, 7) is 0.617. The van der Waals surface area contributed by atoms with Gasteiger partial charge in [-0.05, 0) is 11.6 Å². The molecule has 0 spiro atoms. The smallest absolute Gasteiger partial charge is 0.207 e. The highest BCUT2D eigenvalue weighted by atomic mass is 32.2. The van der Waals surface area contributed by atoms with Gasteiger partial charge in [0, 0.05) is 17.7 Å². The summed E-state index contributed by atoms with van der Waals surface area (Å²) in [5.41, 5.74) is 0.901. The Morgan fingerprint density at radius 3 is 2.62 bits per heavy atom. The summed E-state index contributed by atoms with van der Waals surface area (Å²) in [5.74, 6) is 1.46. The monoisotopic (exact) mass is 255 g/mol. The maximum absolute atomic E-state index is 11.8. The summed E-state index contributed by atoms with van der Waals surface area (Å²) < 4.78 is 25.2. The van der Waals surface area contributed by atoms with E-state index < -0.39 is 10.0 Å². The van der Waals surface area contributed by atoms with E-state index in [1.54, 1.807) is 17.8 Å². The fraction of sp³-hybridized carbons (Fsp3) is 0.273. The molecule has 0 unspecified atom stereocenters. The summed E-state index contributed by atoms with van der Waals surface area (Å²) in [7, 11) is -3.23. The molecule has 1 saturated heterocycles. The lowest BCUT2D eigenvalue weighted by Gasteiger charge is -2.10. The Morgan fingerprint density at radius 2 is 2.00 bits per heavy atom. The molecule has 0 radical (unpaired) electrons. The Balaban J connectivity index is 2.11. The summed E-state index contributed by atoms with van der Waals surface area (Å²) in [5, 5.41) is 1.29. The predicted octanol–water partition coefficient (Wildman–Crippen LogP) is 1.99. The fourth-order valence-corrected chi connectivity index (χ4v) is 4.00. The molecule has 1 aliphatic heterocycles. The zero-order valence-corrected chi connectivity index (χ0v) is 10.4. The van der Waals surface area contributed by atoms with Crippen molar-refractivity contribution in [3.05, 3.63) is 41.3 Å². The minimum atomic E-state index is -3.23. The second kappa shape index (κ2) is 5.03. The van der Waals surface area contributed by atoms with Crippen LogP contribution in [0.5, 0.6) is 0 Å². The molecule has 1 aliphatic rings. The molecule has 3 nitrogen and oxygen atoms in total. The molecule has 1 aromatic carbocycles. The minimum Gasteiger partial charge on any atom is -0.207 e. The van der Waals surface area contributed by atoms with Gasteiger partial charge in [-0.3, -0.25) is 0 Å². The third kappa shape index (κ3) is 2.87. The van der Waals surface area contributed by atoms with Crippen molar-refractivity contribution in [2.24, 2.45) is 0 Å². The zero-order valence-electron chi connectivity index (χ0n) is 8.74. The normalized spacial score (nSPS) is 18.2. The van der Waals surface area contributed by atoms with Gasteiger partial charge >= 0.3 is 0 Å². The van der Waals surface area contributed by atoms with Gasteiger partial charge < -0.3 is 0 Å². The summed E-state index contributed by atoms with van der Waals surface area (Å²) in [6, 6.07) is 9.44. The maximum Gasteiger partial charge on any atom is 0.237 e. The van der Waals surface area contributed by atoms with Crippen LogP contribution in [0.1, 0.15) is 5.56 Å². The first-order valence-corrected chi connectivity index (χ1v) is 7.65. The number of thioether (sulfide) groups is 1. The standard InChI is InChI=1S/C11H13NO2S2/c13-16(14,12-7-8-15-10-12)9-6-11-4-2-1-3-5-11/h1-6,9H,7-8,10H2. The van der Waals surface area contributed by atoms with Gasteiger partial charge in [0.25, 0.3) is 0 Å². The van der Waals surface area contributed by atoms with Crippen LogP contribution in [0.3, 0.4) is 0 Å². The van der Waals surface area contributed by atoms with E-state index in [9.17, 15) is 8.42 Å². The van der Waals surface area contributed by atoms with Crippen molar-refractivity contribution in [3.63, 3.8) is 0 Å². The van der Waals surface area contributed by atoms with Gasteiger partial charge in [-0.1, -0.05) is 30.3 Å². The number of rotatable bonds is 3. The van der Waals surface area contributed by atoms with Crippen molar-refractivity contribution < 1.29 is 8.42 Å². The minimum absolute atomic E-state index is 0.571. The average Bonchev–Trinajstić information content (AvgIpc) is 2.82. The molecule has 5 heteroatoms. The number of sulfonamides is 1.